The lowest BCUT2D eigenvalue weighted by Crippen LogP contribution is -2.38. The van der Waals surface area contributed by atoms with Gasteiger partial charge in [0.05, 0.1) is 19.8 Å². The van der Waals surface area contributed by atoms with Crippen molar-refractivity contribution < 1.29 is 14.3 Å². The molecule has 0 saturated heterocycles. The molecule has 0 heterocycles. The van der Waals surface area contributed by atoms with Crippen LogP contribution in [0.4, 0.5) is 0 Å². The van der Waals surface area contributed by atoms with E-state index in [0.717, 1.165) is 12.8 Å². The van der Waals surface area contributed by atoms with Crippen LogP contribution in [0.1, 0.15) is 37.0 Å². The third-order valence-electron chi connectivity index (χ3n) is 3.37. The van der Waals surface area contributed by atoms with Gasteiger partial charge in [-0.1, -0.05) is 0 Å². The van der Waals surface area contributed by atoms with Crippen LogP contribution in [0.15, 0.2) is 18.2 Å². The monoisotopic (exact) mass is 263 g/mol. The molecule has 4 nitrogen and oxygen atoms in total. The molecule has 0 aliphatic heterocycles. The number of benzene rings is 1. The first-order valence-corrected chi connectivity index (χ1v) is 6.63. The minimum absolute atomic E-state index is 0.0215. The minimum Gasteiger partial charge on any atom is -0.497 e. The zero-order chi connectivity index (χ0) is 14.0. The van der Waals surface area contributed by atoms with Crippen LogP contribution in [-0.2, 0) is 0 Å². The molecule has 4 heteroatoms. The number of ether oxygens (including phenoxy) is 2. The zero-order valence-electron chi connectivity index (χ0n) is 12.0. The van der Waals surface area contributed by atoms with Crippen molar-refractivity contribution in [2.45, 2.75) is 38.8 Å². The van der Waals surface area contributed by atoms with Gasteiger partial charge in [-0.2, -0.15) is 0 Å². The van der Waals surface area contributed by atoms with Crippen LogP contribution in [0.2, 0.25) is 0 Å². The van der Waals surface area contributed by atoms with E-state index in [4.69, 9.17) is 9.47 Å². The normalized spacial score (nSPS) is 14.4. The number of carbonyl (C=O) groups is 1. The van der Waals surface area contributed by atoms with Crippen LogP contribution in [-0.4, -0.2) is 37.1 Å². The van der Waals surface area contributed by atoms with Crippen molar-refractivity contribution >= 4 is 5.91 Å². The Kier molecular flexibility index (Phi) is 3.98. The molecule has 0 atom stereocenters. The summed E-state index contributed by atoms with van der Waals surface area (Å²) in [7, 11) is 3.17. The topological polar surface area (TPSA) is 38.8 Å². The van der Waals surface area contributed by atoms with Crippen LogP contribution in [0.25, 0.3) is 0 Å². The van der Waals surface area contributed by atoms with Gasteiger partial charge in [0, 0.05) is 12.1 Å². The molecule has 104 valence electrons. The largest absolute Gasteiger partial charge is 0.497 e. The number of methoxy groups -OCH3 is 2. The highest BCUT2D eigenvalue weighted by Crippen LogP contribution is 2.33. The average molecular weight is 263 g/mol. The Bertz CT molecular complexity index is 464. The van der Waals surface area contributed by atoms with Gasteiger partial charge in [-0.25, -0.2) is 0 Å². The van der Waals surface area contributed by atoms with E-state index in [1.165, 1.54) is 0 Å². The minimum atomic E-state index is 0.0215. The molecular formula is C15H21NO3. The Morgan fingerprint density at radius 2 is 1.95 bits per heavy atom. The first kappa shape index (κ1) is 13.7. The zero-order valence-corrected chi connectivity index (χ0v) is 12.0. The number of hydrogen-bond donors (Lipinski definition) is 0. The molecular weight excluding hydrogens is 242 g/mol. The maximum absolute atomic E-state index is 12.7. The Hall–Kier alpha value is -1.71. The Balaban J connectivity index is 2.35. The molecule has 19 heavy (non-hydrogen) atoms. The Morgan fingerprint density at radius 1 is 1.26 bits per heavy atom. The van der Waals surface area contributed by atoms with Gasteiger partial charge < -0.3 is 14.4 Å². The lowest BCUT2D eigenvalue weighted by atomic mass is 10.1. The number of amides is 1. The van der Waals surface area contributed by atoms with Gasteiger partial charge in [0.15, 0.2) is 0 Å². The summed E-state index contributed by atoms with van der Waals surface area (Å²) in [6.45, 7) is 4.09. The standard InChI is InChI=1S/C15H21NO3/c1-10(2)16(11-5-6-11)15(17)13-9-12(18-3)7-8-14(13)19-4/h7-11H,5-6H2,1-4H3. The lowest BCUT2D eigenvalue weighted by Gasteiger charge is -2.27. The van der Waals surface area contributed by atoms with Crippen LogP contribution in [0, 0.1) is 0 Å². The molecule has 0 aromatic heterocycles. The van der Waals surface area contributed by atoms with Crippen molar-refractivity contribution in [2.75, 3.05) is 14.2 Å². The van der Waals surface area contributed by atoms with E-state index < -0.39 is 0 Å². The second-order valence-corrected chi connectivity index (χ2v) is 5.10. The van der Waals surface area contributed by atoms with Gasteiger partial charge in [-0.3, -0.25) is 4.79 Å². The second kappa shape index (κ2) is 5.51. The summed E-state index contributed by atoms with van der Waals surface area (Å²) >= 11 is 0. The fourth-order valence-corrected chi connectivity index (χ4v) is 2.29. The van der Waals surface area contributed by atoms with Gasteiger partial charge in [0.25, 0.3) is 5.91 Å². The highest BCUT2D eigenvalue weighted by Gasteiger charge is 2.35. The number of rotatable bonds is 5. The van der Waals surface area contributed by atoms with E-state index in [2.05, 4.69) is 0 Å². The van der Waals surface area contributed by atoms with Crippen molar-refractivity contribution in [2.24, 2.45) is 0 Å². The number of nitrogens with zero attached hydrogens (tertiary/aromatic N) is 1. The van der Waals surface area contributed by atoms with E-state index in [-0.39, 0.29) is 11.9 Å². The quantitative estimate of drug-likeness (QED) is 0.820. The van der Waals surface area contributed by atoms with Gasteiger partial charge >= 0.3 is 0 Å². The summed E-state index contributed by atoms with van der Waals surface area (Å²) in [5.74, 6) is 1.29. The predicted molar refractivity (Wildman–Crippen MR) is 73.9 cm³/mol. The van der Waals surface area contributed by atoms with Crippen molar-refractivity contribution in [3.05, 3.63) is 23.8 Å². The molecule has 1 aromatic carbocycles. The van der Waals surface area contributed by atoms with E-state index in [9.17, 15) is 4.79 Å². The molecule has 1 amide bonds. The lowest BCUT2D eigenvalue weighted by molar-refractivity contribution is 0.0686. The molecule has 1 aromatic rings. The summed E-state index contributed by atoms with van der Waals surface area (Å²) in [5, 5.41) is 0. The maximum atomic E-state index is 12.7. The third-order valence-corrected chi connectivity index (χ3v) is 3.37. The van der Waals surface area contributed by atoms with Gasteiger partial charge in [-0.05, 0) is 44.9 Å². The number of hydrogen-bond acceptors (Lipinski definition) is 3. The number of carbonyl (C=O) groups excluding carboxylic acids is 1. The molecule has 1 aliphatic carbocycles. The first-order valence-electron chi connectivity index (χ1n) is 6.63. The van der Waals surface area contributed by atoms with Crippen molar-refractivity contribution in [3.8, 4) is 11.5 Å². The fourth-order valence-electron chi connectivity index (χ4n) is 2.29. The summed E-state index contributed by atoms with van der Waals surface area (Å²) in [5.41, 5.74) is 0.572. The molecule has 0 bridgehead atoms. The highest BCUT2D eigenvalue weighted by molar-refractivity contribution is 5.98. The van der Waals surface area contributed by atoms with E-state index >= 15 is 0 Å². The van der Waals surface area contributed by atoms with Crippen molar-refractivity contribution in [3.63, 3.8) is 0 Å². The molecule has 0 unspecified atom stereocenters. The first-order chi connectivity index (χ1) is 9.08. The smallest absolute Gasteiger partial charge is 0.258 e. The second-order valence-electron chi connectivity index (χ2n) is 5.10. The van der Waals surface area contributed by atoms with Crippen molar-refractivity contribution in [1.29, 1.82) is 0 Å². The van der Waals surface area contributed by atoms with Crippen LogP contribution < -0.4 is 9.47 Å². The Labute approximate surface area is 114 Å². The molecule has 1 fully saturated rings. The molecule has 1 aliphatic rings. The van der Waals surface area contributed by atoms with Crippen molar-refractivity contribution in [1.82, 2.24) is 4.90 Å². The summed E-state index contributed by atoms with van der Waals surface area (Å²) in [6.07, 6.45) is 2.19. The fraction of sp³-hybridized carbons (Fsp3) is 0.533. The van der Waals surface area contributed by atoms with Gasteiger partial charge in [0.2, 0.25) is 0 Å². The van der Waals surface area contributed by atoms with Crippen LogP contribution >= 0.6 is 0 Å². The molecule has 0 spiro atoms. The van der Waals surface area contributed by atoms with Gasteiger partial charge in [-0.15, -0.1) is 0 Å². The highest BCUT2D eigenvalue weighted by atomic mass is 16.5. The average Bonchev–Trinajstić information content (AvgIpc) is 3.22. The van der Waals surface area contributed by atoms with E-state index in [1.807, 2.05) is 18.7 Å². The summed E-state index contributed by atoms with van der Waals surface area (Å²) in [6, 6.07) is 5.89. The third kappa shape index (κ3) is 2.83. The molecule has 0 radical (unpaired) electrons. The summed E-state index contributed by atoms with van der Waals surface area (Å²) < 4.78 is 10.5. The van der Waals surface area contributed by atoms with Crippen LogP contribution in [0.3, 0.4) is 0 Å². The van der Waals surface area contributed by atoms with E-state index in [1.54, 1.807) is 32.4 Å². The van der Waals surface area contributed by atoms with Gasteiger partial charge in [0.1, 0.15) is 11.5 Å². The SMILES string of the molecule is COc1ccc(OC)c(C(=O)N(C(C)C)C2CC2)c1. The molecule has 1 saturated carbocycles. The van der Waals surface area contributed by atoms with E-state index in [0.29, 0.717) is 23.1 Å². The predicted octanol–water partition coefficient (Wildman–Crippen LogP) is 2.72. The molecule has 0 N–H and O–H groups in total. The Morgan fingerprint density at radius 3 is 2.42 bits per heavy atom. The summed E-state index contributed by atoms with van der Waals surface area (Å²) in [4.78, 5) is 14.6. The molecule has 2 rings (SSSR count). The van der Waals surface area contributed by atoms with Crippen LogP contribution in [0.5, 0.6) is 11.5 Å². The maximum Gasteiger partial charge on any atom is 0.258 e.